The molecular weight excluding hydrogens is 580 g/mol. The van der Waals surface area contributed by atoms with Gasteiger partial charge in [0.25, 0.3) is 0 Å². The average molecular weight is 627 g/mol. The van der Waals surface area contributed by atoms with Crippen LogP contribution < -0.4 is 5.32 Å². The van der Waals surface area contributed by atoms with Gasteiger partial charge in [-0.1, -0.05) is 80.9 Å². The fourth-order valence-corrected chi connectivity index (χ4v) is 4.82. The first kappa shape index (κ1) is 38.5. The molecule has 0 saturated carbocycles. The van der Waals surface area contributed by atoms with Crippen molar-refractivity contribution in [2.45, 2.75) is 103 Å². The maximum Gasteiger partial charge on any atom is 0.410 e. The zero-order chi connectivity index (χ0) is 33.5. The second kappa shape index (κ2) is 23.0. The van der Waals surface area contributed by atoms with E-state index in [0.717, 1.165) is 43.2 Å². The highest BCUT2D eigenvalue weighted by Gasteiger charge is 2.34. The molecule has 0 aromatic heterocycles. The maximum absolute atomic E-state index is 12.2. The topological polar surface area (TPSA) is 145 Å². The number of alkyl carbamates (subject to hydrolysis) is 1. The minimum atomic E-state index is -0.885. The Bertz CT molecular complexity index is 1180. The van der Waals surface area contributed by atoms with Crippen LogP contribution in [0.5, 0.6) is 0 Å². The van der Waals surface area contributed by atoms with Gasteiger partial charge in [0.1, 0.15) is 25.0 Å². The van der Waals surface area contributed by atoms with Crippen LogP contribution >= 0.6 is 0 Å². The van der Waals surface area contributed by atoms with Crippen molar-refractivity contribution in [3.8, 4) is 0 Å². The third kappa shape index (κ3) is 15.7. The summed E-state index contributed by atoms with van der Waals surface area (Å²) in [6, 6.07) is 18.8. The van der Waals surface area contributed by atoms with Crippen molar-refractivity contribution in [1.82, 2.24) is 10.2 Å². The van der Waals surface area contributed by atoms with Crippen molar-refractivity contribution in [1.29, 1.82) is 0 Å². The fraction of sp³-hybridized carbons (Fsp3) is 0.500. The summed E-state index contributed by atoms with van der Waals surface area (Å²) in [6.45, 7) is 6.65. The number of amides is 2. The Balaban J connectivity index is 0.000000419. The molecule has 0 unspecified atom stereocenters. The molecule has 0 aliphatic carbocycles. The van der Waals surface area contributed by atoms with E-state index in [4.69, 9.17) is 19.1 Å². The molecule has 2 aromatic carbocycles. The standard InChI is InChI=1S/C17H23NO5.C16H23NO2.CO2/c1-3-7-14(19)10-11-15(16(20)22-2)18-17(21)23-12-13-8-5-4-6-9-13;1-3-7-15-11-10-13(2)17(15)16(18)19-12-14-8-5-4-6-9-14;2-1-3/h4-6,8-9,15H,3,7,10-12H2,1-2H3,(H,18,21);4-6,8-9,13,15H,3,7,10-12H2,1-2H3;/t15-;13-,15+;/m00./s1. The van der Waals surface area contributed by atoms with E-state index in [-0.39, 0.29) is 37.5 Å². The Morgan fingerprint density at radius 1 is 0.867 bits per heavy atom. The first-order valence-electron chi connectivity index (χ1n) is 15.3. The van der Waals surface area contributed by atoms with E-state index in [0.29, 0.717) is 25.1 Å². The minimum absolute atomic E-state index is 0.0563. The van der Waals surface area contributed by atoms with Crippen molar-refractivity contribution >= 4 is 30.1 Å². The number of rotatable bonds is 13. The molecule has 2 amide bonds. The van der Waals surface area contributed by atoms with Crippen molar-refractivity contribution in [3.05, 3.63) is 71.8 Å². The Hall–Kier alpha value is -4.50. The summed E-state index contributed by atoms with van der Waals surface area (Å²) < 4.78 is 15.2. The molecule has 1 fully saturated rings. The second-order valence-corrected chi connectivity index (χ2v) is 10.5. The van der Waals surface area contributed by atoms with Gasteiger partial charge >= 0.3 is 24.3 Å². The van der Waals surface area contributed by atoms with Crippen LogP contribution in [0, 0.1) is 0 Å². The normalized spacial score (nSPS) is 15.5. The lowest BCUT2D eigenvalue weighted by Gasteiger charge is -2.27. The molecule has 11 heteroatoms. The number of benzene rings is 2. The number of ether oxygens (including phenoxy) is 3. The third-order valence-electron chi connectivity index (χ3n) is 7.06. The molecular formula is C34H46N2O9. The number of carbonyl (C=O) groups excluding carboxylic acids is 6. The summed E-state index contributed by atoms with van der Waals surface area (Å²) in [4.78, 5) is 65.4. The first-order chi connectivity index (χ1) is 21.7. The molecule has 3 rings (SSSR count). The lowest BCUT2D eigenvalue weighted by molar-refractivity contribution is -0.191. The summed E-state index contributed by atoms with van der Waals surface area (Å²) in [5.41, 5.74) is 1.88. The zero-order valence-electron chi connectivity index (χ0n) is 26.7. The quantitative estimate of drug-likeness (QED) is 0.209. The number of hydrogen-bond acceptors (Lipinski definition) is 9. The molecule has 0 radical (unpaired) electrons. The number of carbonyl (C=O) groups is 4. The van der Waals surface area contributed by atoms with Crippen molar-refractivity contribution in [2.24, 2.45) is 0 Å². The SMILES string of the molecule is CCCC(=O)CC[C@H](NC(=O)OCc1ccccc1)C(=O)OC.CCC[C@@H]1CC[C@H](C)N1C(=O)OCc1ccccc1.O=C=O. The average Bonchev–Trinajstić information content (AvgIpc) is 3.42. The number of methoxy groups -OCH3 is 1. The molecule has 1 N–H and O–H groups in total. The van der Waals surface area contributed by atoms with Gasteiger partial charge in [0.05, 0.1) is 7.11 Å². The van der Waals surface area contributed by atoms with Crippen molar-refractivity contribution in [2.75, 3.05) is 7.11 Å². The molecule has 3 atom stereocenters. The van der Waals surface area contributed by atoms with Gasteiger partial charge in [0.15, 0.2) is 0 Å². The third-order valence-corrected chi connectivity index (χ3v) is 7.06. The first-order valence-corrected chi connectivity index (χ1v) is 15.3. The molecule has 1 heterocycles. The van der Waals surface area contributed by atoms with E-state index >= 15 is 0 Å². The molecule has 1 aliphatic rings. The van der Waals surface area contributed by atoms with Gasteiger partial charge < -0.3 is 24.4 Å². The van der Waals surface area contributed by atoms with Gasteiger partial charge in [0, 0.05) is 24.9 Å². The molecule has 45 heavy (non-hydrogen) atoms. The highest BCUT2D eigenvalue weighted by atomic mass is 16.6. The Labute approximate surface area is 265 Å². The lowest BCUT2D eigenvalue weighted by atomic mass is 10.1. The Kier molecular flexibility index (Phi) is 19.7. The van der Waals surface area contributed by atoms with Gasteiger partial charge in [-0.3, -0.25) is 4.79 Å². The summed E-state index contributed by atoms with van der Waals surface area (Å²) in [6.07, 6.45) is 5.39. The van der Waals surface area contributed by atoms with Gasteiger partial charge in [0.2, 0.25) is 0 Å². The van der Waals surface area contributed by atoms with E-state index in [1.807, 2.05) is 72.5 Å². The van der Waals surface area contributed by atoms with Crippen LogP contribution in [0.2, 0.25) is 0 Å². The number of Topliss-reactive ketones (excluding diaryl/α,β-unsaturated/α-hetero) is 1. The van der Waals surface area contributed by atoms with Crippen LogP contribution in [-0.4, -0.2) is 60.2 Å². The summed E-state index contributed by atoms with van der Waals surface area (Å²) in [7, 11) is 1.24. The van der Waals surface area contributed by atoms with Crippen LogP contribution in [0.25, 0.3) is 0 Å². The molecule has 0 spiro atoms. The van der Waals surface area contributed by atoms with Crippen LogP contribution in [0.3, 0.4) is 0 Å². The monoisotopic (exact) mass is 626 g/mol. The molecule has 1 aliphatic heterocycles. The molecule has 11 nitrogen and oxygen atoms in total. The number of nitrogens with zero attached hydrogens (tertiary/aromatic N) is 1. The number of likely N-dealkylation sites (tertiary alicyclic amines) is 1. The van der Waals surface area contributed by atoms with E-state index in [1.165, 1.54) is 7.11 Å². The highest BCUT2D eigenvalue weighted by Crippen LogP contribution is 2.27. The minimum Gasteiger partial charge on any atom is -0.467 e. The van der Waals surface area contributed by atoms with Crippen LogP contribution in [0.15, 0.2) is 60.7 Å². The summed E-state index contributed by atoms with van der Waals surface area (Å²) >= 11 is 0. The molecule has 246 valence electrons. The van der Waals surface area contributed by atoms with Crippen molar-refractivity contribution < 1.29 is 43.0 Å². The predicted octanol–water partition coefficient (Wildman–Crippen LogP) is 6.00. The highest BCUT2D eigenvalue weighted by molar-refractivity contribution is 5.83. The van der Waals surface area contributed by atoms with Gasteiger partial charge in [-0.05, 0) is 50.2 Å². The largest absolute Gasteiger partial charge is 0.467 e. The van der Waals surface area contributed by atoms with Crippen LogP contribution in [-0.2, 0) is 46.6 Å². The van der Waals surface area contributed by atoms with E-state index in [2.05, 4.69) is 23.9 Å². The number of ketones is 1. The Morgan fingerprint density at radius 2 is 1.42 bits per heavy atom. The number of esters is 1. The zero-order valence-corrected chi connectivity index (χ0v) is 26.7. The summed E-state index contributed by atoms with van der Waals surface area (Å²) in [5.74, 6) is -0.535. The van der Waals surface area contributed by atoms with Gasteiger partial charge in [-0.2, -0.15) is 9.59 Å². The van der Waals surface area contributed by atoms with Gasteiger partial charge in [-0.15, -0.1) is 0 Å². The molecule has 0 bridgehead atoms. The molecule has 2 aromatic rings. The van der Waals surface area contributed by atoms with E-state index in [9.17, 15) is 19.2 Å². The van der Waals surface area contributed by atoms with E-state index < -0.39 is 18.1 Å². The van der Waals surface area contributed by atoms with Crippen LogP contribution in [0.1, 0.15) is 83.3 Å². The number of nitrogens with one attached hydrogen (secondary N) is 1. The second-order valence-electron chi connectivity index (χ2n) is 10.5. The van der Waals surface area contributed by atoms with Crippen LogP contribution in [0.4, 0.5) is 9.59 Å². The molecule has 1 saturated heterocycles. The maximum atomic E-state index is 12.2. The number of hydrogen-bond donors (Lipinski definition) is 1. The Morgan fingerprint density at radius 3 is 1.93 bits per heavy atom. The van der Waals surface area contributed by atoms with Gasteiger partial charge in [-0.25, -0.2) is 14.4 Å². The fourth-order valence-electron chi connectivity index (χ4n) is 4.82. The summed E-state index contributed by atoms with van der Waals surface area (Å²) in [5, 5.41) is 2.45. The van der Waals surface area contributed by atoms with Crippen molar-refractivity contribution in [3.63, 3.8) is 0 Å². The van der Waals surface area contributed by atoms with E-state index in [1.54, 1.807) is 0 Å². The smallest absolute Gasteiger partial charge is 0.410 e. The lowest BCUT2D eigenvalue weighted by Crippen LogP contribution is -2.42. The predicted molar refractivity (Wildman–Crippen MR) is 166 cm³/mol.